The minimum absolute atomic E-state index is 0.261. The summed E-state index contributed by atoms with van der Waals surface area (Å²) in [6.45, 7) is 13.4. The Bertz CT molecular complexity index is 341. The van der Waals surface area contributed by atoms with Gasteiger partial charge in [-0.2, -0.15) is 0 Å². The molecule has 2 nitrogen and oxygen atoms in total. The normalized spacial score (nSPS) is 12.1. The summed E-state index contributed by atoms with van der Waals surface area (Å²) >= 11 is 0. The van der Waals surface area contributed by atoms with Gasteiger partial charge in [-0.1, -0.05) is 55.7 Å². The van der Waals surface area contributed by atoms with Crippen LogP contribution in [0.25, 0.3) is 0 Å². The lowest BCUT2D eigenvalue weighted by Gasteiger charge is -2.07. The van der Waals surface area contributed by atoms with Gasteiger partial charge in [-0.3, -0.25) is 0 Å². The van der Waals surface area contributed by atoms with Crippen molar-refractivity contribution in [2.24, 2.45) is 5.92 Å². The SMILES string of the molecule is CC(C)=CC/C=C(\C)CCO.CCC(=CCC(C)CCO)CC. The van der Waals surface area contributed by atoms with Crippen LogP contribution in [0.2, 0.25) is 0 Å². The molecule has 0 aromatic carbocycles. The van der Waals surface area contributed by atoms with Crippen LogP contribution >= 0.6 is 0 Å². The fourth-order valence-corrected chi connectivity index (χ4v) is 2.02. The Balaban J connectivity index is 0. The molecule has 0 aliphatic rings. The van der Waals surface area contributed by atoms with E-state index in [1.54, 1.807) is 5.57 Å². The summed E-state index contributed by atoms with van der Waals surface area (Å²) < 4.78 is 0. The van der Waals surface area contributed by atoms with Gasteiger partial charge < -0.3 is 10.2 Å². The van der Waals surface area contributed by atoms with Gasteiger partial charge in [-0.15, -0.1) is 0 Å². The van der Waals surface area contributed by atoms with Crippen molar-refractivity contribution in [3.63, 3.8) is 0 Å². The Hall–Kier alpha value is -0.860. The second-order valence-corrected chi connectivity index (χ2v) is 6.46. The van der Waals surface area contributed by atoms with E-state index >= 15 is 0 Å². The van der Waals surface area contributed by atoms with E-state index in [2.05, 4.69) is 59.8 Å². The van der Waals surface area contributed by atoms with Crippen LogP contribution in [0.15, 0.2) is 34.9 Å². The van der Waals surface area contributed by atoms with Crippen molar-refractivity contribution in [1.82, 2.24) is 0 Å². The molecule has 0 saturated heterocycles. The first-order valence-electron chi connectivity index (χ1n) is 9.09. The lowest BCUT2D eigenvalue weighted by Crippen LogP contribution is -1.96. The van der Waals surface area contributed by atoms with Crippen LogP contribution in [0.5, 0.6) is 0 Å². The van der Waals surface area contributed by atoms with Crippen LogP contribution < -0.4 is 0 Å². The van der Waals surface area contributed by atoms with Gasteiger partial charge in [0.15, 0.2) is 0 Å². The smallest absolute Gasteiger partial charge is 0.0468 e. The maximum Gasteiger partial charge on any atom is 0.0468 e. The van der Waals surface area contributed by atoms with Gasteiger partial charge in [-0.25, -0.2) is 0 Å². The van der Waals surface area contributed by atoms with Crippen molar-refractivity contribution in [2.45, 2.75) is 80.1 Å². The molecule has 0 aromatic heterocycles. The van der Waals surface area contributed by atoms with Gasteiger partial charge in [0.05, 0.1) is 0 Å². The Kier molecular flexibility index (Phi) is 18.6. The minimum Gasteiger partial charge on any atom is -0.396 e. The summed E-state index contributed by atoms with van der Waals surface area (Å²) in [5.74, 6) is 0.628. The molecule has 0 saturated carbocycles. The first-order chi connectivity index (χ1) is 10.9. The van der Waals surface area contributed by atoms with Gasteiger partial charge >= 0.3 is 0 Å². The van der Waals surface area contributed by atoms with Gasteiger partial charge in [0.1, 0.15) is 0 Å². The molecule has 0 fully saturated rings. The Morgan fingerprint density at radius 3 is 1.96 bits per heavy atom. The first kappa shape index (κ1) is 24.4. The zero-order chi connectivity index (χ0) is 18.1. The quantitative estimate of drug-likeness (QED) is 0.498. The summed E-state index contributed by atoms with van der Waals surface area (Å²) in [5, 5.41) is 17.3. The van der Waals surface area contributed by atoms with Crippen molar-refractivity contribution < 1.29 is 10.2 Å². The lowest BCUT2D eigenvalue weighted by molar-refractivity contribution is 0.263. The molecule has 136 valence electrons. The van der Waals surface area contributed by atoms with E-state index in [0.29, 0.717) is 12.5 Å². The van der Waals surface area contributed by atoms with Crippen molar-refractivity contribution in [3.8, 4) is 0 Å². The van der Waals surface area contributed by atoms with Gasteiger partial charge in [0, 0.05) is 13.2 Å². The average Bonchev–Trinajstić information content (AvgIpc) is 2.49. The summed E-state index contributed by atoms with van der Waals surface area (Å²) in [5.41, 5.74) is 4.16. The number of allylic oxidation sites excluding steroid dienone is 5. The molecule has 23 heavy (non-hydrogen) atoms. The topological polar surface area (TPSA) is 40.5 Å². The van der Waals surface area contributed by atoms with E-state index in [-0.39, 0.29) is 6.61 Å². The number of hydrogen-bond donors (Lipinski definition) is 2. The highest BCUT2D eigenvalue weighted by Gasteiger charge is 1.98. The van der Waals surface area contributed by atoms with Crippen molar-refractivity contribution in [1.29, 1.82) is 0 Å². The van der Waals surface area contributed by atoms with Crippen molar-refractivity contribution in [2.75, 3.05) is 13.2 Å². The summed E-state index contributed by atoms with van der Waals surface area (Å²) in [4.78, 5) is 0. The molecule has 0 heterocycles. The average molecular weight is 325 g/mol. The molecular weight excluding hydrogens is 284 g/mol. The zero-order valence-corrected chi connectivity index (χ0v) is 16.4. The summed E-state index contributed by atoms with van der Waals surface area (Å²) in [6, 6.07) is 0. The van der Waals surface area contributed by atoms with E-state index in [1.165, 1.54) is 24.0 Å². The number of hydrogen-bond acceptors (Lipinski definition) is 2. The highest BCUT2D eigenvalue weighted by Crippen LogP contribution is 2.13. The Labute approximate surface area is 145 Å². The maximum absolute atomic E-state index is 8.70. The van der Waals surface area contributed by atoms with Gasteiger partial charge in [-0.05, 0) is 65.2 Å². The molecule has 0 bridgehead atoms. The summed E-state index contributed by atoms with van der Waals surface area (Å²) in [7, 11) is 0. The minimum atomic E-state index is 0.261. The predicted octanol–water partition coefficient (Wildman–Crippen LogP) is 5.81. The van der Waals surface area contributed by atoms with Crippen LogP contribution in [0.3, 0.4) is 0 Å². The largest absolute Gasteiger partial charge is 0.396 e. The highest BCUT2D eigenvalue weighted by molar-refractivity contribution is 5.04. The predicted molar refractivity (Wildman–Crippen MR) is 104 cm³/mol. The van der Waals surface area contributed by atoms with Gasteiger partial charge in [0.2, 0.25) is 0 Å². The summed E-state index contributed by atoms with van der Waals surface area (Å²) in [6.07, 6.45) is 12.9. The number of aliphatic hydroxyl groups excluding tert-OH is 2. The molecule has 0 radical (unpaired) electrons. The maximum atomic E-state index is 8.70. The van der Waals surface area contributed by atoms with Gasteiger partial charge in [0.25, 0.3) is 0 Å². The number of rotatable bonds is 10. The molecule has 0 amide bonds. The Morgan fingerprint density at radius 2 is 1.52 bits per heavy atom. The fourth-order valence-electron chi connectivity index (χ4n) is 2.02. The van der Waals surface area contributed by atoms with E-state index in [9.17, 15) is 0 Å². The van der Waals surface area contributed by atoms with E-state index in [1.807, 2.05) is 0 Å². The monoisotopic (exact) mass is 324 g/mol. The van der Waals surface area contributed by atoms with Crippen LogP contribution in [0.1, 0.15) is 80.1 Å². The second kappa shape index (κ2) is 17.5. The van der Waals surface area contributed by atoms with Crippen molar-refractivity contribution in [3.05, 3.63) is 34.9 Å². The molecular formula is C21H40O2. The third-order valence-corrected chi connectivity index (χ3v) is 3.84. The first-order valence-corrected chi connectivity index (χ1v) is 9.09. The zero-order valence-electron chi connectivity index (χ0n) is 16.4. The molecule has 2 N–H and O–H groups in total. The van der Waals surface area contributed by atoms with Crippen molar-refractivity contribution >= 4 is 0 Å². The number of aliphatic hydroxyl groups is 2. The molecule has 0 aliphatic heterocycles. The van der Waals surface area contributed by atoms with Crippen LogP contribution in [-0.4, -0.2) is 23.4 Å². The van der Waals surface area contributed by atoms with E-state index in [0.717, 1.165) is 25.7 Å². The fraction of sp³-hybridized carbons (Fsp3) is 0.714. The molecule has 0 rings (SSSR count). The third kappa shape index (κ3) is 19.1. The van der Waals surface area contributed by atoms with Crippen LogP contribution in [-0.2, 0) is 0 Å². The highest BCUT2D eigenvalue weighted by atomic mass is 16.3. The third-order valence-electron chi connectivity index (χ3n) is 3.84. The van der Waals surface area contributed by atoms with Crippen LogP contribution in [0, 0.1) is 5.92 Å². The standard InChI is InChI=1S/C11H22O.C10H18O/c1-4-11(5-2)7-6-10(3)8-9-12;1-9(2)5-4-6-10(3)7-8-11/h7,10,12H,4-6,8-9H2,1-3H3;5-6,11H,4,7-8H2,1-3H3/b;10-6+. The molecule has 2 heteroatoms. The van der Waals surface area contributed by atoms with E-state index in [4.69, 9.17) is 10.2 Å². The second-order valence-electron chi connectivity index (χ2n) is 6.46. The molecule has 0 aliphatic carbocycles. The molecule has 1 atom stereocenters. The lowest BCUT2D eigenvalue weighted by atomic mass is 10.0. The van der Waals surface area contributed by atoms with Crippen LogP contribution in [0.4, 0.5) is 0 Å². The molecule has 1 unspecified atom stereocenters. The Morgan fingerprint density at radius 1 is 0.913 bits per heavy atom. The van der Waals surface area contributed by atoms with E-state index < -0.39 is 0 Å². The molecule has 0 aromatic rings. The molecule has 0 spiro atoms.